The third-order valence-corrected chi connectivity index (χ3v) is 5.48. The number of hydrogen-bond acceptors (Lipinski definition) is 5. The highest BCUT2D eigenvalue weighted by Gasteiger charge is 2.41. The minimum Gasteiger partial charge on any atom is -0.481 e. The van der Waals surface area contributed by atoms with Crippen LogP contribution in [-0.2, 0) is 19.1 Å². The molecule has 0 radical (unpaired) electrons. The first-order valence-electron chi connectivity index (χ1n) is 11.0. The van der Waals surface area contributed by atoms with Crippen molar-refractivity contribution in [3.8, 4) is 0 Å². The number of esters is 1. The number of hydrogen-bond donors (Lipinski definition) is 3. The van der Waals surface area contributed by atoms with E-state index in [1.165, 1.54) is 44.9 Å². The van der Waals surface area contributed by atoms with Crippen LogP contribution in [0, 0.1) is 5.41 Å². The summed E-state index contributed by atoms with van der Waals surface area (Å²) in [7, 11) is 0. The highest BCUT2D eigenvalue weighted by molar-refractivity contribution is 5.88. The molecule has 170 valence electrons. The molecule has 0 saturated heterocycles. The largest absolute Gasteiger partial charge is 0.481 e. The van der Waals surface area contributed by atoms with Crippen LogP contribution in [0.4, 0.5) is 0 Å². The first-order valence-corrected chi connectivity index (χ1v) is 11.0. The molecule has 1 unspecified atom stereocenters. The predicted molar refractivity (Wildman–Crippen MR) is 111 cm³/mol. The Morgan fingerprint density at radius 1 is 0.759 bits per heavy atom. The maximum absolute atomic E-state index is 11.7. The fourth-order valence-corrected chi connectivity index (χ4v) is 4.24. The molecule has 0 amide bonds. The van der Waals surface area contributed by atoms with Crippen LogP contribution in [0.3, 0.4) is 0 Å². The monoisotopic (exact) mass is 416 g/mol. The summed E-state index contributed by atoms with van der Waals surface area (Å²) >= 11 is 0. The summed E-state index contributed by atoms with van der Waals surface area (Å²) in [6.45, 7) is 6.88. The summed E-state index contributed by atoms with van der Waals surface area (Å²) in [5.74, 6) is -4.14. The van der Waals surface area contributed by atoms with Gasteiger partial charge in [-0.25, -0.2) is 4.79 Å². The van der Waals surface area contributed by atoms with Gasteiger partial charge in [0.2, 0.25) is 0 Å². The second-order valence-electron chi connectivity index (χ2n) is 8.22. The molecule has 0 fully saturated rings. The van der Waals surface area contributed by atoms with E-state index in [4.69, 9.17) is 14.9 Å². The normalized spacial score (nSPS) is 13.7. The first-order chi connectivity index (χ1) is 13.6. The van der Waals surface area contributed by atoms with Crippen molar-refractivity contribution in [3.63, 3.8) is 0 Å². The number of unbranched alkanes of at least 4 members (excludes halogenated alkanes) is 3. The van der Waals surface area contributed by atoms with E-state index in [-0.39, 0.29) is 6.61 Å². The Bertz CT molecular complexity index is 486. The van der Waals surface area contributed by atoms with Crippen molar-refractivity contribution in [2.45, 2.75) is 110 Å². The van der Waals surface area contributed by atoms with E-state index in [9.17, 15) is 19.5 Å². The molecule has 3 N–H and O–H groups in total. The lowest BCUT2D eigenvalue weighted by Gasteiger charge is -2.34. The molecule has 0 aromatic heterocycles. The molecular weight excluding hydrogens is 376 g/mol. The van der Waals surface area contributed by atoms with Gasteiger partial charge in [-0.3, -0.25) is 9.59 Å². The fraction of sp³-hybridized carbons (Fsp3) is 0.864. The quantitative estimate of drug-likeness (QED) is 0.221. The van der Waals surface area contributed by atoms with Gasteiger partial charge < -0.3 is 20.1 Å². The van der Waals surface area contributed by atoms with Crippen LogP contribution < -0.4 is 0 Å². The van der Waals surface area contributed by atoms with Gasteiger partial charge >= 0.3 is 17.9 Å². The summed E-state index contributed by atoms with van der Waals surface area (Å²) in [5.41, 5.74) is -2.18. The molecule has 7 heteroatoms. The average molecular weight is 417 g/mol. The van der Waals surface area contributed by atoms with E-state index in [1.54, 1.807) is 0 Å². The van der Waals surface area contributed by atoms with Crippen LogP contribution in [-0.4, -0.2) is 45.4 Å². The maximum atomic E-state index is 11.7. The van der Waals surface area contributed by atoms with Gasteiger partial charge in [-0.1, -0.05) is 59.3 Å². The topological polar surface area (TPSA) is 121 Å². The Hall–Kier alpha value is -1.63. The van der Waals surface area contributed by atoms with Crippen LogP contribution in [0.1, 0.15) is 104 Å². The fourth-order valence-electron chi connectivity index (χ4n) is 4.24. The van der Waals surface area contributed by atoms with E-state index in [0.717, 1.165) is 19.3 Å². The maximum Gasteiger partial charge on any atom is 0.336 e. The van der Waals surface area contributed by atoms with Gasteiger partial charge in [0, 0.05) is 0 Å². The van der Waals surface area contributed by atoms with Crippen LogP contribution in [0.5, 0.6) is 0 Å². The smallest absolute Gasteiger partial charge is 0.336 e. The third kappa shape index (κ3) is 11.2. The van der Waals surface area contributed by atoms with Crippen molar-refractivity contribution in [1.82, 2.24) is 0 Å². The minimum absolute atomic E-state index is 0.144. The van der Waals surface area contributed by atoms with Crippen molar-refractivity contribution >= 4 is 17.9 Å². The molecule has 0 rings (SSSR count). The molecule has 0 aliphatic heterocycles. The lowest BCUT2D eigenvalue weighted by atomic mass is 9.72. The number of ether oxygens (including phenoxy) is 1. The number of aliphatic hydroxyl groups is 1. The molecule has 0 aliphatic carbocycles. The van der Waals surface area contributed by atoms with Gasteiger partial charge in [0.25, 0.3) is 0 Å². The second-order valence-corrected chi connectivity index (χ2v) is 8.22. The number of carboxylic acid groups (broad SMARTS) is 2. The van der Waals surface area contributed by atoms with Gasteiger partial charge in [0.05, 0.1) is 19.4 Å². The number of aliphatic carboxylic acids is 2. The molecule has 0 aliphatic rings. The molecular formula is C22H40O7. The van der Waals surface area contributed by atoms with Crippen LogP contribution >= 0.6 is 0 Å². The average Bonchev–Trinajstić information content (AvgIpc) is 2.60. The van der Waals surface area contributed by atoms with Crippen molar-refractivity contribution < 1.29 is 34.4 Å². The highest BCUT2D eigenvalue weighted by Crippen LogP contribution is 2.40. The highest BCUT2D eigenvalue weighted by atomic mass is 16.5. The lowest BCUT2D eigenvalue weighted by Crippen LogP contribution is -2.43. The van der Waals surface area contributed by atoms with E-state index in [2.05, 4.69) is 20.8 Å². The first kappa shape index (κ1) is 27.4. The number of carbonyl (C=O) groups excluding carboxylic acids is 1. The zero-order valence-corrected chi connectivity index (χ0v) is 18.4. The van der Waals surface area contributed by atoms with Crippen molar-refractivity contribution in [2.75, 3.05) is 6.61 Å². The molecule has 29 heavy (non-hydrogen) atoms. The summed E-state index contributed by atoms with van der Waals surface area (Å²) in [4.78, 5) is 33.5. The molecule has 0 saturated carbocycles. The standard InChI is InChI=1S/C22H40O7/c1-4-11-21(12-5-2,13-6-3)14-9-7-8-10-15-29-19(25)17-22(28,20(26)27)16-18(23)24/h28H,4-17H2,1-3H3,(H,23,24)(H,26,27). The number of rotatable bonds is 18. The van der Waals surface area contributed by atoms with Crippen molar-refractivity contribution in [3.05, 3.63) is 0 Å². The van der Waals surface area contributed by atoms with Crippen LogP contribution in [0.2, 0.25) is 0 Å². The zero-order chi connectivity index (χ0) is 22.3. The summed E-state index contributed by atoms with van der Waals surface area (Å²) in [5, 5.41) is 27.5. The molecule has 0 aromatic carbocycles. The van der Waals surface area contributed by atoms with Gasteiger partial charge in [-0.15, -0.1) is 0 Å². The third-order valence-electron chi connectivity index (χ3n) is 5.48. The molecule has 1 atom stereocenters. The second kappa shape index (κ2) is 14.4. The lowest BCUT2D eigenvalue weighted by molar-refractivity contribution is -0.172. The Morgan fingerprint density at radius 3 is 1.72 bits per heavy atom. The number of carboxylic acids is 2. The minimum atomic E-state index is -2.63. The predicted octanol–water partition coefficient (Wildman–Crippen LogP) is 4.55. The molecule has 0 bridgehead atoms. The van der Waals surface area contributed by atoms with Gasteiger partial charge in [-0.05, 0) is 37.5 Å². The van der Waals surface area contributed by atoms with Crippen LogP contribution in [0.15, 0.2) is 0 Å². The van der Waals surface area contributed by atoms with Crippen molar-refractivity contribution in [1.29, 1.82) is 0 Å². The Morgan fingerprint density at radius 2 is 1.28 bits per heavy atom. The Balaban J connectivity index is 4.21. The Labute approximate surface area is 174 Å². The summed E-state index contributed by atoms with van der Waals surface area (Å²) in [6, 6.07) is 0. The molecule has 0 heterocycles. The van der Waals surface area contributed by atoms with Gasteiger partial charge in [0.15, 0.2) is 5.60 Å². The van der Waals surface area contributed by atoms with Gasteiger partial charge in [0.1, 0.15) is 0 Å². The van der Waals surface area contributed by atoms with E-state index >= 15 is 0 Å². The van der Waals surface area contributed by atoms with E-state index < -0.39 is 36.4 Å². The van der Waals surface area contributed by atoms with Crippen molar-refractivity contribution in [2.24, 2.45) is 5.41 Å². The summed E-state index contributed by atoms with van der Waals surface area (Å²) in [6.07, 6.45) is 10.5. The zero-order valence-electron chi connectivity index (χ0n) is 18.4. The SMILES string of the molecule is CCCC(CCC)(CCC)CCCCCCOC(=O)CC(O)(CC(=O)O)C(=O)O. The summed E-state index contributed by atoms with van der Waals surface area (Å²) < 4.78 is 4.98. The molecule has 7 nitrogen and oxygen atoms in total. The van der Waals surface area contributed by atoms with E-state index in [1.807, 2.05) is 0 Å². The molecule has 0 aromatic rings. The number of carbonyl (C=O) groups is 3. The Kier molecular flexibility index (Phi) is 13.6. The van der Waals surface area contributed by atoms with Gasteiger partial charge in [-0.2, -0.15) is 0 Å². The van der Waals surface area contributed by atoms with Crippen LogP contribution in [0.25, 0.3) is 0 Å². The molecule has 0 spiro atoms. The van der Waals surface area contributed by atoms with E-state index in [0.29, 0.717) is 11.8 Å².